The number of amides is 2. The molecule has 7 nitrogen and oxygen atoms in total. The fourth-order valence-electron chi connectivity index (χ4n) is 3.17. The minimum Gasteiger partial charge on any atom is -0.456 e. The lowest BCUT2D eigenvalue weighted by molar-refractivity contribution is -0.147. The second-order valence-electron chi connectivity index (χ2n) is 6.88. The van der Waals surface area contributed by atoms with Gasteiger partial charge >= 0.3 is 5.97 Å². The number of anilines is 2. The Balaban J connectivity index is 1.57. The quantitative estimate of drug-likeness (QED) is 0.578. The number of para-hydroxylation sites is 2. The topological polar surface area (TPSA) is 92.8 Å². The molecular weight excluding hydrogens is 392 g/mol. The van der Waals surface area contributed by atoms with Gasteiger partial charge in [0.05, 0.1) is 22.7 Å². The summed E-state index contributed by atoms with van der Waals surface area (Å²) in [7, 11) is 0. The van der Waals surface area contributed by atoms with E-state index in [9.17, 15) is 19.2 Å². The molecule has 152 valence electrons. The normalized spacial score (nSPS) is 15.9. The van der Waals surface area contributed by atoms with Gasteiger partial charge in [-0.3, -0.25) is 19.2 Å². The highest BCUT2D eigenvalue weighted by Gasteiger charge is 2.30. The van der Waals surface area contributed by atoms with Crippen molar-refractivity contribution in [1.82, 2.24) is 0 Å². The average molecular weight is 414 g/mol. The largest absolute Gasteiger partial charge is 0.456 e. The number of esters is 1. The Labute approximate surface area is 172 Å². The van der Waals surface area contributed by atoms with Gasteiger partial charge in [-0.25, -0.2) is 0 Å². The molecule has 1 N–H and O–H groups in total. The number of ether oxygens (including phenoxy) is 1. The number of hydrogen-bond donors (Lipinski definition) is 1. The van der Waals surface area contributed by atoms with E-state index >= 15 is 0 Å². The Morgan fingerprint density at radius 2 is 1.93 bits per heavy atom. The fourth-order valence-corrected chi connectivity index (χ4v) is 4.01. The molecule has 0 aliphatic carbocycles. The molecule has 2 amide bonds. The van der Waals surface area contributed by atoms with Gasteiger partial charge in [-0.15, -0.1) is 11.3 Å². The van der Waals surface area contributed by atoms with Crippen molar-refractivity contribution in [2.75, 3.05) is 16.8 Å². The molecular formula is C21H22N2O5S. The van der Waals surface area contributed by atoms with Crippen molar-refractivity contribution in [1.29, 1.82) is 0 Å². The highest BCUT2D eigenvalue weighted by Crippen LogP contribution is 2.31. The Hall–Kier alpha value is -3.00. The van der Waals surface area contributed by atoms with E-state index in [2.05, 4.69) is 5.32 Å². The number of carbonyl (C=O) groups excluding carboxylic acids is 4. The fraction of sp³-hybridized carbons (Fsp3) is 0.333. The monoisotopic (exact) mass is 414 g/mol. The van der Waals surface area contributed by atoms with E-state index in [-0.39, 0.29) is 37.0 Å². The Kier molecular flexibility index (Phi) is 6.43. The number of Topliss-reactive ketones (excluding diaryl/α,β-unsaturated/α-hetero) is 1. The molecule has 0 fully saturated rings. The maximum absolute atomic E-state index is 12.7. The van der Waals surface area contributed by atoms with E-state index in [1.807, 2.05) is 13.0 Å². The van der Waals surface area contributed by atoms with Crippen LogP contribution < -0.4 is 10.2 Å². The van der Waals surface area contributed by atoms with Crippen LogP contribution in [0.25, 0.3) is 0 Å². The molecule has 1 aliphatic rings. The third kappa shape index (κ3) is 5.08. The molecule has 0 unspecified atom stereocenters. The number of aryl methyl sites for hydroxylation is 1. The predicted molar refractivity (Wildman–Crippen MR) is 110 cm³/mol. The molecule has 8 heteroatoms. The van der Waals surface area contributed by atoms with Gasteiger partial charge in [-0.05, 0) is 38.1 Å². The first-order chi connectivity index (χ1) is 13.8. The third-order valence-electron chi connectivity index (χ3n) is 4.56. The first kappa shape index (κ1) is 20.7. The summed E-state index contributed by atoms with van der Waals surface area (Å²) in [4.78, 5) is 51.9. The second kappa shape index (κ2) is 9.00. The lowest BCUT2D eigenvalue weighted by Crippen LogP contribution is -2.41. The van der Waals surface area contributed by atoms with Crippen LogP contribution in [0.4, 0.5) is 11.4 Å². The predicted octanol–water partition coefficient (Wildman–Crippen LogP) is 3.33. The van der Waals surface area contributed by atoms with Crippen LogP contribution in [0.1, 0.15) is 40.7 Å². The standard InChI is InChI=1S/C21H22N2O5S/c1-13-11-19(25)22-15-5-3-4-6-16(15)23(13)20(26)12-28-21(27)10-8-17(24)18-9-7-14(2)29-18/h3-7,9,13H,8,10-12H2,1-2H3,(H,22,25)/t13-/m0/s1. The first-order valence-corrected chi connectivity index (χ1v) is 10.1. The van der Waals surface area contributed by atoms with Crippen molar-refractivity contribution >= 4 is 46.3 Å². The maximum Gasteiger partial charge on any atom is 0.306 e. The zero-order chi connectivity index (χ0) is 21.0. The summed E-state index contributed by atoms with van der Waals surface area (Å²) < 4.78 is 5.10. The first-order valence-electron chi connectivity index (χ1n) is 9.31. The number of nitrogens with one attached hydrogen (secondary N) is 1. The number of thiophene rings is 1. The summed E-state index contributed by atoms with van der Waals surface area (Å²) in [5, 5.41) is 2.78. The molecule has 0 bridgehead atoms. The molecule has 3 rings (SSSR count). The van der Waals surface area contributed by atoms with Crippen LogP contribution in [-0.4, -0.2) is 36.2 Å². The third-order valence-corrected chi connectivity index (χ3v) is 5.60. The number of benzene rings is 1. The van der Waals surface area contributed by atoms with Crippen LogP contribution in [-0.2, 0) is 19.1 Å². The lowest BCUT2D eigenvalue weighted by Gasteiger charge is -2.27. The van der Waals surface area contributed by atoms with Crippen LogP contribution >= 0.6 is 11.3 Å². The van der Waals surface area contributed by atoms with Gasteiger partial charge in [0.25, 0.3) is 5.91 Å². The molecule has 0 saturated heterocycles. The number of hydrogen-bond acceptors (Lipinski definition) is 6. The number of rotatable bonds is 6. The molecule has 1 atom stereocenters. The number of nitrogens with zero attached hydrogens (tertiary/aromatic N) is 1. The molecule has 29 heavy (non-hydrogen) atoms. The molecule has 0 saturated carbocycles. The van der Waals surface area contributed by atoms with Gasteiger partial charge in [0.1, 0.15) is 0 Å². The molecule has 1 aromatic carbocycles. The van der Waals surface area contributed by atoms with Gasteiger partial charge in [-0.1, -0.05) is 12.1 Å². The summed E-state index contributed by atoms with van der Waals surface area (Å²) in [5.41, 5.74) is 1.11. The van der Waals surface area contributed by atoms with Crippen molar-refractivity contribution in [3.05, 3.63) is 46.2 Å². The molecule has 1 aromatic heterocycles. The Morgan fingerprint density at radius 1 is 1.17 bits per heavy atom. The zero-order valence-corrected chi connectivity index (χ0v) is 17.1. The van der Waals surface area contributed by atoms with Crippen LogP contribution in [0.5, 0.6) is 0 Å². The minimum absolute atomic E-state index is 0.0361. The van der Waals surface area contributed by atoms with E-state index in [1.165, 1.54) is 16.2 Å². The van der Waals surface area contributed by atoms with Gasteiger partial charge in [0.2, 0.25) is 5.91 Å². The van der Waals surface area contributed by atoms with Gasteiger partial charge in [-0.2, -0.15) is 0 Å². The van der Waals surface area contributed by atoms with E-state index in [0.29, 0.717) is 16.3 Å². The highest BCUT2D eigenvalue weighted by molar-refractivity contribution is 7.14. The molecule has 0 spiro atoms. The van der Waals surface area contributed by atoms with Gasteiger partial charge in [0, 0.05) is 23.8 Å². The van der Waals surface area contributed by atoms with Crippen molar-refractivity contribution in [3.8, 4) is 0 Å². The van der Waals surface area contributed by atoms with E-state index in [0.717, 1.165) is 4.88 Å². The average Bonchev–Trinajstić information content (AvgIpc) is 3.06. The van der Waals surface area contributed by atoms with Gasteiger partial charge < -0.3 is 15.0 Å². The SMILES string of the molecule is Cc1ccc(C(=O)CCC(=O)OCC(=O)N2c3ccccc3NC(=O)C[C@@H]2C)s1. The van der Waals surface area contributed by atoms with E-state index in [4.69, 9.17) is 4.74 Å². The summed E-state index contributed by atoms with van der Waals surface area (Å²) in [5.74, 6) is -1.33. The van der Waals surface area contributed by atoms with Crippen LogP contribution in [0.3, 0.4) is 0 Å². The van der Waals surface area contributed by atoms with Crippen molar-refractivity contribution in [2.45, 2.75) is 39.2 Å². The smallest absolute Gasteiger partial charge is 0.306 e. The Bertz CT molecular complexity index is 952. The minimum atomic E-state index is -0.607. The highest BCUT2D eigenvalue weighted by atomic mass is 32.1. The van der Waals surface area contributed by atoms with Crippen molar-refractivity contribution < 1.29 is 23.9 Å². The van der Waals surface area contributed by atoms with Crippen molar-refractivity contribution in [3.63, 3.8) is 0 Å². The number of fused-ring (bicyclic) bond motifs is 1. The number of ketones is 1. The molecule has 2 aromatic rings. The Morgan fingerprint density at radius 3 is 2.66 bits per heavy atom. The van der Waals surface area contributed by atoms with Gasteiger partial charge in [0.15, 0.2) is 12.4 Å². The van der Waals surface area contributed by atoms with E-state index in [1.54, 1.807) is 37.3 Å². The van der Waals surface area contributed by atoms with E-state index < -0.39 is 18.5 Å². The van der Waals surface area contributed by atoms with Crippen LogP contribution in [0.2, 0.25) is 0 Å². The van der Waals surface area contributed by atoms with Crippen molar-refractivity contribution in [2.24, 2.45) is 0 Å². The van der Waals surface area contributed by atoms with Crippen LogP contribution in [0.15, 0.2) is 36.4 Å². The summed E-state index contributed by atoms with van der Waals surface area (Å²) in [6.45, 7) is 3.23. The molecule has 0 radical (unpaired) electrons. The zero-order valence-electron chi connectivity index (χ0n) is 16.3. The lowest BCUT2D eigenvalue weighted by atomic mass is 10.1. The van der Waals surface area contributed by atoms with Crippen LogP contribution in [0, 0.1) is 6.92 Å². The molecule has 2 heterocycles. The summed E-state index contributed by atoms with van der Waals surface area (Å²) in [6.07, 6.45) is 0.0900. The summed E-state index contributed by atoms with van der Waals surface area (Å²) >= 11 is 1.38. The second-order valence-corrected chi connectivity index (χ2v) is 8.16. The summed E-state index contributed by atoms with van der Waals surface area (Å²) in [6, 6.07) is 10.2. The molecule has 1 aliphatic heterocycles. The maximum atomic E-state index is 12.7. The number of carbonyl (C=O) groups is 4.